The van der Waals surface area contributed by atoms with Crippen LogP contribution in [0.2, 0.25) is 5.02 Å². The van der Waals surface area contributed by atoms with Crippen molar-refractivity contribution in [1.82, 2.24) is 30.0 Å². The number of anilines is 1. The molecule has 5 heterocycles. The average Bonchev–Trinajstić information content (AvgIpc) is 3.31. The molecule has 1 aromatic carbocycles. The van der Waals surface area contributed by atoms with Gasteiger partial charge >= 0.3 is 0 Å². The minimum Gasteiger partial charge on any atom is -0.352 e. The predicted octanol–water partition coefficient (Wildman–Crippen LogP) is 4.25. The van der Waals surface area contributed by atoms with Crippen LogP contribution in [-0.2, 0) is 11.3 Å². The van der Waals surface area contributed by atoms with Crippen LogP contribution in [0, 0.1) is 5.92 Å². The summed E-state index contributed by atoms with van der Waals surface area (Å²) in [5.41, 5.74) is 10.1. The fraction of sp³-hybridized carbons (Fsp3) is 0.481. The van der Waals surface area contributed by atoms with Crippen LogP contribution in [0.5, 0.6) is 0 Å². The molecule has 2 saturated heterocycles. The summed E-state index contributed by atoms with van der Waals surface area (Å²) in [6.45, 7) is 6.93. The molecule has 3 atom stereocenters. The Morgan fingerprint density at radius 1 is 1.27 bits per heavy atom. The van der Waals surface area contributed by atoms with Gasteiger partial charge in [0.15, 0.2) is 5.65 Å². The highest BCUT2D eigenvalue weighted by atomic mass is 35.5. The van der Waals surface area contributed by atoms with E-state index in [0.29, 0.717) is 17.0 Å². The molecule has 194 valence electrons. The van der Waals surface area contributed by atoms with Gasteiger partial charge < -0.3 is 20.9 Å². The lowest BCUT2D eigenvalue weighted by molar-refractivity contribution is -0.123. The normalized spacial score (nSPS) is 22.1. The van der Waals surface area contributed by atoms with E-state index >= 15 is 0 Å². The van der Waals surface area contributed by atoms with Gasteiger partial charge in [-0.15, -0.1) is 0 Å². The quantitative estimate of drug-likeness (QED) is 0.370. The van der Waals surface area contributed by atoms with Crippen LogP contribution >= 0.6 is 11.6 Å². The summed E-state index contributed by atoms with van der Waals surface area (Å²) in [5.74, 6) is 1.32. The zero-order valence-corrected chi connectivity index (χ0v) is 22.2. The van der Waals surface area contributed by atoms with Crippen molar-refractivity contribution in [3.05, 3.63) is 35.7 Å². The van der Waals surface area contributed by atoms with E-state index in [1.165, 1.54) is 12.8 Å². The lowest BCUT2D eigenvalue weighted by Crippen LogP contribution is -2.51. The average molecular weight is 521 g/mol. The van der Waals surface area contributed by atoms with E-state index in [4.69, 9.17) is 27.3 Å². The molecule has 1 aliphatic carbocycles. The molecule has 10 heteroatoms. The summed E-state index contributed by atoms with van der Waals surface area (Å²) in [6, 6.07) is 4.58. The summed E-state index contributed by atoms with van der Waals surface area (Å²) in [7, 11) is 0. The summed E-state index contributed by atoms with van der Waals surface area (Å²) in [6.07, 6.45) is 10.2. The maximum Gasteiger partial charge on any atom is 0.242 e. The van der Waals surface area contributed by atoms with Gasteiger partial charge in [0.2, 0.25) is 5.91 Å². The second kappa shape index (κ2) is 8.99. The van der Waals surface area contributed by atoms with Crippen LogP contribution in [0.4, 0.5) is 5.82 Å². The van der Waals surface area contributed by atoms with Crippen LogP contribution in [0.3, 0.4) is 0 Å². The topological polar surface area (TPSA) is 118 Å². The number of halogens is 1. The van der Waals surface area contributed by atoms with Gasteiger partial charge in [0.05, 0.1) is 16.7 Å². The van der Waals surface area contributed by atoms with Crippen molar-refractivity contribution in [1.29, 1.82) is 0 Å². The summed E-state index contributed by atoms with van der Waals surface area (Å²) < 4.78 is 1.63. The van der Waals surface area contributed by atoms with Gasteiger partial charge in [-0.25, -0.2) is 9.97 Å². The molecule has 2 unspecified atom stereocenters. The van der Waals surface area contributed by atoms with Crippen molar-refractivity contribution in [2.24, 2.45) is 11.7 Å². The Morgan fingerprint density at radius 2 is 2.11 bits per heavy atom. The van der Waals surface area contributed by atoms with Crippen LogP contribution in [-0.4, -0.2) is 54.8 Å². The molecule has 7 rings (SSSR count). The number of nitrogens with zero attached hydrogens (tertiary/aromatic N) is 5. The second-order valence-corrected chi connectivity index (χ2v) is 11.9. The molecule has 0 radical (unpaired) electrons. The Kier molecular flexibility index (Phi) is 5.88. The third kappa shape index (κ3) is 4.55. The Bertz CT molecular complexity index is 1490. The lowest BCUT2D eigenvalue weighted by atomic mass is 9.90. The number of nitrogens with one attached hydrogen (secondary N) is 2. The van der Waals surface area contributed by atoms with Crippen molar-refractivity contribution in [3.63, 3.8) is 0 Å². The molecule has 3 aliphatic rings. The molecule has 37 heavy (non-hydrogen) atoms. The monoisotopic (exact) mass is 520 g/mol. The Hall–Kier alpha value is -3.17. The Morgan fingerprint density at radius 3 is 2.92 bits per heavy atom. The first-order valence-corrected chi connectivity index (χ1v) is 13.4. The number of hydrogen-bond acceptors (Lipinski definition) is 6. The maximum absolute atomic E-state index is 12.4. The van der Waals surface area contributed by atoms with E-state index in [-0.39, 0.29) is 24.0 Å². The van der Waals surface area contributed by atoms with Crippen LogP contribution in [0.1, 0.15) is 46.5 Å². The van der Waals surface area contributed by atoms with Crippen LogP contribution < -0.4 is 16.0 Å². The SMILES string of the molecule is CC(C)(C)NC(=O)Cn1cc2c(Cl)c(-c3c[nH]c4nc(N5CC6CCCC5C[C@@H]6N)cnc34)ccc2n1. The highest BCUT2D eigenvalue weighted by Gasteiger charge is 2.37. The molecule has 4 N–H and O–H groups in total. The first kappa shape index (κ1) is 24.2. The number of piperidine rings is 1. The van der Waals surface area contributed by atoms with Crippen molar-refractivity contribution in [2.75, 3.05) is 11.4 Å². The zero-order chi connectivity index (χ0) is 25.9. The third-order valence-corrected chi connectivity index (χ3v) is 7.98. The number of aromatic nitrogens is 5. The molecular weight excluding hydrogens is 488 g/mol. The number of amides is 1. The standard InChI is InChI=1S/C27H33ClN8O/c1-27(2,3)33-23(37)14-35-13-19-21(34-35)8-7-17(24(19)28)18-10-31-26-25(18)30-11-22(32-26)36-12-15-5-4-6-16(36)9-20(15)29/h7-8,10-11,13,15-16,20H,4-6,9,12,14,29H2,1-3H3,(H,31,32)(H,33,37)/t15?,16?,20-/m0/s1. The zero-order valence-electron chi connectivity index (χ0n) is 21.5. The van der Waals surface area contributed by atoms with Gasteiger partial charge in [0, 0.05) is 53.1 Å². The van der Waals surface area contributed by atoms with Crippen molar-refractivity contribution < 1.29 is 4.79 Å². The van der Waals surface area contributed by atoms with Gasteiger partial charge in [-0.1, -0.05) is 24.1 Å². The first-order valence-electron chi connectivity index (χ1n) is 13.0. The Labute approximate surface area is 220 Å². The molecule has 0 spiro atoms. The van der Waals surface area contributed by atoms with E-state index in [1.54, 1.807) is 4.68 Å². The fourth-order valence-corrected chi connectivity index (χ4v) is 6.19. The van der Waals surface area contributed by atoms with E-state index in [0.717, 1.165) is 58.4 Å². The van der Waals surface area contributed by atoms with Crippen LogP contribution in [0.25, 0.3) is 33.2 Å². The molecule has 2 bridgehead atoms. The van der Waals surface area contributed by atoms with Gasteiger partial charge in [-0.3, -0.25) is 9.48 Å². The largest absolute Gasteiger partial charge is 0.352 e. The summed E-state index contributed by atoms with van der Waals surface area (Å²) in [5, 5.41) is 8.87. The number of benzene rings is 1. The predicted molar refractivity (Wildman–Crippen MR) is 147 cm³/mol. The minimum atomic E-state index is -0.301. The molecule has 1 amide bonds. The van der Waals surface area contributed by atoms with Gasteiger partial charge in [-0.2, -0.15) is 5.10 Å². The summed E-state index contributed by atoms with van der Waals surface area (Å²) >= 11 is 6.88. The van der Waals surface area contributed by atoms with Gasteiger partial charge in [-0.05, 0) is 52.0 Å². The fourth-order valence-electron chi connectivity index (χ4n) is 5.88. The number of nitrogens with two attached hydrogens (primary N) is 1. The Balaban J connectivity index is 1.30. The van der Waals surface area contributed by atoms with E-state index in [9.17, 15) is 4.79 Å². The van der Waals surface area contributed by atoms with Crippen molar-refractivity contribution in [3.8, 4) is 11.1 Å². The van der Waals surface area contributed by atoms with Gasteiger partial charge in [0.25, 0.3) is 0 Å². The number of H-pyrrole nitrogens is 1. The van der Waals surface area contributed by atoms with E-state index < -0.39 is 0 Å². The molecule has 2 aliphatic heterocycles. The highest BCUT2D eigenvalue weighted by molar-refractivity contribution is 6.38. The van der Waals surface area contributed by atoms with Crippen LogP contribution in [0.15, 0.2) is 30.7 Å². The molecule has 9 nitrogen and oxygen atoms in total. The first-order chi connectivity index (χ1) is 17.7. The third-order valence-electron chi connectivity index (χ3n) is 7.58. The smallest absolute Gasteiger partial charge is 0.242 e. The summed E-state index contributed by atoms with van der Waals surface area (Å²) in [4.78, 5) is 27.9. The number of rotatable bonds is 4. The molecule has 3 aromatic heterocycles. The van der Waals surface area contributed by atoms with E-state index in [2.05, 4.69) is 20.3 Å². The molecule has 3 fully saturated rings. The molecule has 4 aromatic rings. The van der Waals surface area contributed by atoms with E-state index in [1.807, 2.05) is 51.5 Å². The van der Waals surface area contributed by atoms with Crippen molar-refractivity contribution >= 4 is 45.4 Å². The molecular formula is C27H33ClN8O. The number of fused-ring (bicyclic) bond motifs is 6. The van der Waals surface area contributed by atoms with Crippen molar-refractivity contribution in [2.45, 2.75) is 70.6 Å². The lowest BCUT2D eigenvalue weighted by Gasteiger charge is -2.40. The number of carbonyl (C=O) groups is 1. The number of aromatic amines is 1. The second-order valence-electron chi connectivity index (χ2n) is 11.5. The molecule has 1 saturated carbocycles. The minimum absolute atomic E-state index is 0.0982. The van der Waals surface area contributed by atoms with Gasteiger partial charge in [0.1, 0.15) is 17.9 Å². The maximum atomic E-state index is 12.4. The number of hydrogen-bond donors (Lipinski definition) is 3. The number of carbonyl (C=O) groups excluding carboxylic acids is 1. The highest BCUT2D eigenvalue weighted by Crippen LogP contribution is 2.38.